The van der Waals surface area contributed by atoms with Crippen LogP contribution in [-0.2, 0) is 9.53 Å². The van der Waals surface area contributed by atoms with Gasteiger partial charge in [0.1, 0.15) is 0 Å². The maximum Gasteiger partial charge on any atom is 0.226 e. The van der Waals surface area contributed by atoms with Crippen LogP contribution in [0.4, 0.5) is 0 Å². The van der Waals surface area contributed by atoms with E-state index in [1.54, 1.807) is 0 Å². The number of carbonyl (C=O) groups is 1. The number of piperidine rings is 1. The molecule has 114 valence electrons. The first-order valence-electron chi connectivity index (χ1n) is 7.85. The third-order valence-corrected chi connectivity index (χ3v) is 5.03. The van der Waals surface area contributed by atoms with Crippen molar-refractivity contribution in [1.82, 2.24) is 4.90 Å². The lowest BCUT2D eigenvalue weighted by Gasteiger charge is -2.32. The Kier molecular flexibility index (Phi) is 4.65. The first kappa shape index (κ1) is 15.0. The minimum absolute atomic E-state index is 0.197. The second-order valence-electron chi connectivity index (χ2n) is 5.98. The molecule has 2 aliphatic rings. The highest BCUT2D eigenvalue weighted by Gasteiger charge is 2.46. The molecule has 3 rings (SSSR count). The summed E-state index contributed by atoms with van der Waals surface area (Å²) in [6.07, 6.45) is 3.31. The van der Waals surface area contributed by atoms with Gasteiger partial charge in [-0.15, -0.1) is 0 Å². The van der Waals surface area contributed by atoms with Crippen molar-refractivity contribution in [3.05, 3.63) is 34.3 Å². The fourth-order valence-corrected chi connectivity index (χ4v) is 3.70. The molecule has 1 heterocycles. The van der Waals surface area contributed by atoms with Crippen LogP contribution < -0.4 is 0 Å². The molecule has 4 heteroatoms. The Morgan fingerprint density at radius 3 is 2.81 bits per heavy atom. The molecule has 0 aromatic heterocycles. The number of hydrogen-bond acceptors (Lipinski definition) is 2. The summed E-state index contributed by atoms with van der Waals surface area (Å²) in [7, 11) is 0. The SMILES string of the molecule is CCOC1CCN(C(=O)[C@@H]2C[C@H]2c2cccc(Br)c2)CC1. The summed E-state index contributed by atoms with van der Waals surface area (Å²) >= 11 is 3.50. The highest BCUT2D eigenvalue weighted by molar-refractivity contribution is 9.10. The van der Waals surface area contributed by atoms with Gasteiger partial charge < -0.3 is 9.64 Å². The molecule has 1 aromatic rings. The van der Waals surface area contributed by atoms with Crippen molar-refractivity contribution in [3.63, 3.8) is 0 Å². The summed E-state index contributed by atoms with van der Waals surface area (Å²) in [5, 5.41) is 0. The minimum Gasteiger partial charge on any atom is -0.378 e. The molecule has 1 saturated heterocycles. The van der Waals surface area contributed by atoms with Gasteiger partial charge in [0, 0.05) is 30.1 Å². The zero-order valence-corrected chi connectivity index (χ0v) is 14.0. The van der Waals surface area contributed by atoms with Crippen LogP contribution in [0.2, 0.25) is 0 Å². The summed E-state index contributed by atoms with van der Waals surface area (Å²) in [4.78, 5) is 14.6. The molecule has 0 N–H and O–H groups in total. The lowest BCUT2D eigenvalue weighted by Crippen LogP contribution is -2.41. The molecule has 2 fully saturated rings. The standard InChI is InChI=1S/C17H22BrNO2/c1-2-21-14-6-8-19(9-7-14)17(20)16-11-15(16)12-4-3-5-13(18)10-12/h3-5,10,14-16H,2,6-9,11H2,1H3/t15-,16+/m0/s1. The van der Waals surface area contributed by atoms with Crippen LogP contribution >= 0.6 is 15.9 Å². The Hall–Kier alpha value is -0.870. The molecule has 1 aliphatic carbocycles. The number of benzene rings is 1. The number of halogens is 1. The van der Waals surface area contributed by atoms with Gasteiger partial charge in [-0.2, -0.15) is 0 Å². The first-order valence-corrected chi connectivity index (χ1v) is 8.64. The highest BCUT2D eigenvalue weighted by atomic mass is 79.9. The van der Waals surface area contributed by atoms with Crippen molar-refractivity contribution in [2.45, 2.75) is 38.2 Å². The first-order chi connectivity index (χ1) is 10.2. The lowest BCUT2D eigenvalue weighted by molar-refractivity contribution is -0.135. The largest absolute Gasteiger partial charge is 0.378 e. The fourth-order valence-electron chi connectivity index (χ4n) is 3.29. The third-order valence-electron chi connectivity index (χ3n) is 4.54. The number of rotatable bonds is 4. The summed E-state index contributed by atoms with van der Waals surface area (Å²) in [5.74, 6) is 0.956. The van der Waals surface area contributed by atoms with E-state index in [1.165, 1.54) is 5.56 Å². The summed E-state index contributed by atoms with van der Waals surface area (Å²) in [6, 6.07) is 8.34. The van der Waals surface area contributed by atoms with Crippen LogP contribution in [0.5, 0.6) is 0 Å². The van der Waals surface area contributed by atoms with Crippen LogP contribution in [0.25, 0.3) is 0 Å². The zero-order chi connectivity index (χ0) is 14.8. The number of nitrogens with zero attached hydrogens (tertiary/aromatic N) is 1. The van der Waals surface area contributed by atoms with Crippen molar-refractivity contribution < 1.29 is 9.53 Å². The zero-order valence-electron chi connectivity index (χ0n) is 12.4. The fraction of sp³-hybridized carbons (Fsp3) is 0.588. The summed E-state index contributed by atoms with van der Waals surface area (Å²) in [6.45, 7) is 4.51. The van der Waals surface area contributed by atoms with Crippen molar-refractivity contribution in [2.24, 2.45) is 5.92 Å². The van der Waals surface area contributed by atoms with E-state index in [9.17, 15) is 4.79 Å². The average Bonchev–Trinajstić information content (AvgIpc) is 3.28. The van der Waals surface area contributed by atoms with E-state index >= 15 is 0 Å². The molecule has 1 aliphatic heterocycles. The topological polar surface area (TPSA) is 29.5 Å². The molecule has 0 spiro atoms. The van der Waals surface area contributed by atoms with Crippen LogP contribution in [0.1, 0.15) is 37.7 Å². The molecule has 1 saturated carbocycles. The second-order valence-corrected chi connectivity index (χ2v) is 6.90. The molecule has 0 radical (unpaired) electrons. The Balaban J connectivity index is 1.54. The van der Waals surface area contributed by atoms with Gasteiger partial charge in [-0.1, -0.05) is 28.1 Å². The van der Waals surface area contributed by atoms with E-state index in [4.69, 9.17) is 4.74 Å². The van der Waals surface area contributed by atoms with Crippen LogP contribution in [0.15, 0.2) is 28.7 Å². The van der Waals surface area contributed by atoms with Gasteiger partial charge >= 0.3 is 0 Å². The highest BCUT2D eigenvalue weighted by Crippen LogP contribution is 2.49. The van der Waals surface area contributed by atoms with Gasteiger partial charge in [-0.3, -0.25) is 4.79 Å². The van der Waals surface area contributed by atoms with Gasteiger partial charge in [-0.25, -0.2) is 0 Å². The van der Waals surface area contributed by atoms with Crippen molar-refractivity contribution in [3.8, 4) is 0 Å². The average molecular weight is 352 g/mol. The smallest absolute Gasteiger partial charge is 0.226 e. The van der Waals surface area contributed by atoms with E-state index in [0.717, 1.165) is 43.4 Å². The van der Waals surface area contributed by atoms with E-state index in [2.05, 4.69) is 28.1 Å². The molecule has 0 bridgehead atoms. The molecule has 1 aromatic carbocycles. The maximum absolute atomic E-state index is 12.6. The molecule has 2 atom stereocenters. The Labute approximate surface area is 134 Å². The second kappa shape index (κ2) is 6.49. The normalized spacial score (nSPS) is 25.9. The number of carbonyl (C=O) groups excluding carboxylic acids is 1. The minimum atomic E-state index is 0.197. The lowest BCUT2D eigenvalue weighted by atomic mass is 10.1. The Morgan fingerprint density at radius 1 is 1.38 bits per heavy atom. The van der Waals surface area contributed by atoms with Gasteiger partial charge in [-0.05, 0) is 49.8 Å². The van der Waals surface area contributed by atoms with Gasteiger partial charge in [0.05, 0.1) is 6.10 Å². The monoisotopic (exact) mass is 351 g/mol. The molecular weight excluding hydrogens is 330 g/mol. The van der Waals surface area contributed by atoms with Crippen molar-refractivity contribution in [1.29, 1.82) is 0 Å². The summed E-state index contributed by atoms with van der Waals surface area (Å²) in [5.41, 5.74) is 1.28. The quantitative estimate of drug-likeness (QED) is 0.829. The van der Waals surface area contributed by atoms with Gasteiger partial charge in [0.2, 0.25) is 5.91 Å². The van der Waals surface area contributed by atoms with E-state index in [0.29, 0.717) is 17.9 Å². The predicted molar refractivity (Wildman–Crippen MR) is 86.2 cm³/mol. The number of ether oxygens (including phenoxy) is 1. The molecular formula is C17H22BrNO2. The molecule has 3 nitrogen and oxygen atoms in total. The van der Waals surface area contributed by atoms with E-state index in [1.807, 2.05) is 24.0 Å². The Morgan fingerprint density at radius 2 is 2.14 bits per heavy atom. The van der Waals surface area contributed by atoms with E-state index in [-0.39, 0.29) is 5.92 Å². The van der Waals surface area contributed by atoms with Gasteiger partial charge in [0.15, 0.2) is 0 Å². The number of hydrogen-bond donors (Lipinski definition) is 0. The molecule has 0 unspecified atom stereocenters. The van der Waals surface area contributed by atoms with Crippen molar-refractivity contribution >= 4 is 21.8 Å². The van der Waals surface area contributed by atoms with E-state index < -0.39 is 0 Å². The van der Waals surface area contributed by atoms with Gasteiger partial charge in [0.25, 0.3) is 0 Å². The predicted octanol–water partition coefficient (Wildman–Crippen LogP) is 3.58. The number of amides is 1. The number of likely N-dealkylation sites (tertiary alicyclic amines) is 1. The van der Waals surface area contributed by atoms with Crippen molar-refractivity contribution in [2.75, 3.05) is 19.7 Å². The molecule has 21 heavy (non-hydrogen) atoms. The Bertz CT molecular complexity index is 511. The third kappa shape index (κ3) is 3.49. The summed E-state index contributed by atoms with van der Waals surface area (Å²) < 4.78 is 6.74. The van der Waals surface area contributed by atoms with Crippen LogP contribution in [0, 0.1) is 5.92 Å². The maximum atomic E-state index is 12.6. The van der Waals surface area contributed by atoms with Crippen LogP contribution in [-0.4, -0.2) is 36.6 Å². The van der Waals surface area contributed by atoms with Crippen LogP contribution in [0.3, 0.4) is 0 Å². The molecule has 1 amide bonds.